The summed E-state index contributed by atoms with van der Waals surface area (Å²) in [4.78, 5) is 23.6. The average Bonchev–Trinajstić information content (AvgIpc) is 2.59. The van der Waals surface area contributed by atoms with Gasteiger partial charge in [0.25, 0.3) is 5.91 Å². The molecule has 0 aliphatic rings. The molecule has 0 spiro atoms. The summed E-state index contributed by atoms with van der Waals surface area (Å²) < 4.78 is 26.4. The summed E-state index contributed by atoms with van der Waals surface area (Å²) in [6, 6.07) is 4.66. The third-order valence-corrected chi connectivity index (χ3v) is 5.94. The van der Waals surface area contributed by atoms with Gasteiger partial charge in [-0.15, -0.1) is 0 Å². The number of nitrogens with one attached hydrogen (secondary N) is 1. The summed E-state index contributed by atoms with van der Waals surface area (Å²) >= 11 is 0. The minimum Gasteiger partial charge on any atom is -0.480 e. The molecule has 0 bridgehead atoms. The smallest absolute Gasteiger partial charge is 0.326 e. The van der Waals surface area contributed by atoms with Crippen molar-refractivity contribution in [3.63, 3.8) is 0 Å². The first-order chi connectivity index (χ1) is 11.8. The Hall–Kier alpha value is -1.93. The van der Waals surface area contributed by atoms with Gasteiger partial charge in [0.2, 0.25) is 10.0 Å². The third-order valence-electron chi connectivity index (χ3n) is 3.89. The minimum absolute atomic E-state index is 0.0179. The van der Waals surface area contributed by atoms with Crippen molar-refractivity contribution < 1.29 is 23.1 Å². The molecular weight excluding hydrogens is 344 g/mol. The fraction of sp³-hybridized carbons (Fsp3) is 0.529. The van der Waals surface area contributed by atoms with Crippen molar-refractivity contribution in [1.82, 2.24) is 9.62 Å². The van der Waals surface area contributed by atoms with Crippen LogP contribution in [0.3, 0.4) is 0 Å². The molecule has 25 heavy (non-hydrogen) atoms. The van der Waals surface area contributed by atoms with Crippen LogP contribution in [0, 0.1) is 0 Å². The Morgan fingerprint density at radius 1 is 1.20 bits per heavy atom. The van der Waals surface area contributed by atoms with E-state index >= 15 is 0 Å². The van der Waals surface area contributed by atoms with Gasteiger partial charge in [0.15, 0.2) is 0 Å². The van der Waals surface area contributed by atoms with Crippen LogP contribution < -0.4 is 5.32 Å². The van der Waals surface area contributed by atoms with Crippen LogP contribution >= 0.6 is 0 Å². The highest BCUT2D eigenvalue weighted by Gasteiger charge is 2.24. The van der Waals surface area contributed by atoms with Gasteiger partial charge in [-0.2, -0.15) is 4.31 Å². The Kier molecular flexibility index (Phi) is 8.05. The number of carboxylic acids is 1. The van der Waals surface area contributed by atoms with Gasteiger partial charge in [-0.25, -0.2) is 13.2 Å². The Morgan fingerprint density at radius 2 is 1.84 bits per heavy atom. The van der Waals surface area contributed by atoms with Crippen LogP contribution in [-0.4, -0.2) is 48.8 Å². The zero-order valence-electron chi connectivity index (χ0n) is 14.9. The van der Waals surface area contributed by atoms with Gasteiger partial charge in [0, 0.05) is 18.7 Å². The van der Waals surface area contributed by atoms with Gasteiger partial charge in [-0.3, -0.25) is 4.79 Å². The highest BCUT2D eigenvalue weighted by Crippen LogP contribution is 2.17. The number of sulfonamides is 1. The molecule has 0 radical (unpaired) electrons. The molecular formula is C17H26N2O5S. The molecule has 1 aromatic rings. The molecule has 2 N–H and O–H groups in total. The van der Waals surface area contributed by atoms with E-state index in [1.165, 1.54) is 28.6 Å². The zero-order valence-corrected chi connectivity index (χ0v) is 15.7. The molecule has 1 unspecified atom stereocenters. The van der Waals surface area contributed by atoms with Crippen LogP contribution in [0.2, 0.25) is 0 Å². The number of benzene rings is 1. The first-order valence-electron chi connectivity index (χ1n) is 8.41. The summed E-state index contributed by atoms with van der Waals surface area (Å²) in [7, 11) is -3.68. The first kappa shape index (κ1) is 21.1. The van der Waals surface area contributed by atoms with Crippen LogP contribution in [-0.2, 0) is 14.8 Å². The number of hydrogen-bond acceptors (Lipinski definition) is 4. The van der Waals surface area contributed by atoms with Crippen LogP contribution in [0.25, 0.3) is 0 Å². The number of amides is 1. The van der Waals surface area contributed by atoms with E-state index in [0.717, 1.165) is 6.42 Å². The number of rotatable bonds is 10. The number of carbonyl (C=O) groups is 2. The predicted octanol–water partition coefficient (Wildman–Crippen LogP) is 2.09. The number of carbonyl (C=O) groups excluding carboxylic acids is 1. The lowest BCUT2D eigenvalue weighted by Gasteiger charge is -2.19. The van der Waals surface area contributed by atoms with Gasteiger partial charge >= 0.3 is 5.97 Å². The molecule has 7 nitrogen and oxygen atoms in total. The Morgan fingerprint density at radius 3 is 2.36 bits per heavy atom. The van der Waals surface area contributed by atoms with Crippen molar-refractivity contribution in [3.05, 3.63) is 29.8 Å². The van der Waals surface area contributed by atoms with Crippen LogP contribution in [0.15, 0.2) is 29.2 Å². The van der Waals surface area contributed by atoms with Gasteiger partial charge in [-0.1, -0.05) is 39.7 Å². The molecule has 0 aromatic heterocycles. The highest BCUT2D eigenvalue weighted by atomic mass is 32.2. The average molecular weight is 370 g/mol. The van der Waals surface area contributed by atoms with Crippen molar-refractivity contribution in [2.75, 3.05) is 13.1 Å². The lowest BCUT2D eigenvalue weighted by Crippen LogP contribution is -2.40. The van der Waals surface area contributed by atoms with E-state index in [1.54, 1.807) is 13.8 Å². The van der Waals surface area contributed by atoms with Crippen molar-refractivity contribution in [2.45, 2.75) is 51.0 Å². The molecule has 1 atom stereocenters. The summed E-state index contributed by atoms with van der Waals surface area (Å²) in [5.74, 6) is -1.70. The maximum Gasteiger partial charge on any atom is 0.326 e. The molecule has 1 aromatic carbocycles. The first-order valence-corrected chi connectivity index (χ1v) is 9.85. The molecule has 0 saturated heterocycles. The number of nitrogens with zero attached hydrogens (tertiary/aromatic N) is 1. The van der Waals surface area contributed by atoms with Gasteiger partial charge in [0.1, 0.15) is 6.04 Å². The van der Waals surface area contributed by atoms with Crippen molar-refractivity contribution in [1.29, 1.82) is 0 Å². The number of hydrogen-bond donors (Lipinski definition) is 2. The van der Waals surface area contributed by atoms with E-state index in [-0.39, 0.29) is 10.5 Å². The lowest BCUT2D eigenvalue weighted by atomic mass is 10.1. The highest BCUT2D eigenvalue weighted by molar-refractivity contribution is 7.89. The normalized spacial score (nSPS) is 12.8. The fourth-order valence-corrected chi connectivity index (χ4v) is 3.92. The topological polar surface area (TPSA) is 104 Å². The van der Waals surface area contributed by atoms with Crippen molar-refractivity contribution >= 4 is 21.9 Å². The maximum absolute atomic E-state index is 12.5. The van der Waals surface area contributed by atoms with E-state index in [2.05, 4.69) is 5.32 Å². The number of carboxylic acid groups (broad SMARTS) is 1. The zero-order chi connectivity index (χ0) is 19.0. The minimum atomic E-state index is -3.68. The van der Waals surface area contributed by atoms with E-state index < -0.39 is 27.9 Å². The second-order valence-corrected chi connectivity index (χ2v) is 7.56. The fourth-order valence-electron chi connectivity index (χ4n) is 2.42. The van der Waals surface area contributed by atoms with Crippen molar-refractivity contribution in [2.24, 2.45) is 0 Å². The summed E-state index contributed by atoms with van der Waals surface area (Å²) in [5, 5.41) is 11.7. The standard InChI is InChI=1S/C17H26N2O5S/c1-4-7-11-15(17(21)22)18-16(20)13-9-8-10-14(12-13)25(23,24)19(5-2)6-3/h8-10,12,15H,4-7,11H2,1-3H3,(H,18,20)(H,21,22). The van der Waals surface area contributed by atoms with Gasteiger partial charge < -0.3 is 10.4 Å². The largest absolute Gasteiger partial charge is 0.480 e. The van der Waals surface area contributed by atoms with Crippen LogP contribution in [0.4, 0.5) is 0 Å². The Bertz CT molecular complexity index is 699. The predicted molar refractivity (Wildman–Crippen MR) is 95.0 cm³/mol. The molecule has 0 aliphatic carbocycles. The van der Waals surface area contributed by atoms with Gasteiger partial charge in [0.05, 0.1) is 4.90 Å². The third kappa shape index (κ3) is 5.54. The molecule has 1 amide bonds. The van der Waals surface area contributed by atoms with E-state index in [9.17, 15) is 23.1 Å². The molecule has 0 heterocycles. The molecule has 0 fully saturated rings. The molecule has 0 aliphatic heterocycles. The Balaban J connectivity index is 3.04. The Labute approximate surface area is 149 Å². The lowest BCUT2D eigenvalue weighted by molar-refractivity contribution is -0.139. The second kappa shape index (κ2) is 9.53. The molecule has 1 rings (SSSR count). The second-order valence-electron chi connectivity index (χ2n) is 5.62. The summed E-state index contributed by atoms with van der Waals surface area (Å²) in [5.41, 5.74) is 0.121. The van der Waals surface area contributed by atoms with Crippen LogP contribution in [0.1, 0.15) is 50.4 Å². The van der Waals surface area contributed by atoms with E-state index in [0.29, 0.717) is 25.9 Å². The number of aliphatic carboxylic acids is 1. The summed E-state index contributed by atoms with van der Waals surface area (Å²) in [6.45, 7) is 6.06. The van der Waals surface area contributed by atoms with Crippen molar-refractivity contribution in [3.8, 4) is 0 Å². The maximum atomic E-state index is 12.5. The van der Waals surface area contributed by atoms with E-state index in [1.807, 2.05) is 6.92 Å². The van der Waals surface area contributed by atoms with Gasteiger partial charge in [-0.05, 0) is 24.6 Å². The molecule has 8 heteroatoms. The molecule has 140 valence electrons. The summed E-state index contributed by atoms with van der Waals surface area (Å²) in [6.07, 6.45) is 1.82. The molecule has 0 saturated carbocycles. The van der Waals surface area contributed by atoms with Crippen LogP contribution in [0.5, 0.6) is 0 Å². The van der Waals surface area contributed by atoms with E-state index in [4.69, 9.17) is 0 Å². The quantitative estimate of drug-likeness (QED) is 0.656. The number of unbranched alkanes of at least 4 members (excludes halogenated alkanes) is 1. The SMILES string of the molecule is CCCCC(NC(=O)c1cccc(S(=O)(=O)N(CC)CC)c1)C(=O)O. The monoisotopic (exact) mass is 370 g/mol.